The Morgan fingerprint density at radius 1 is 1.73 bits per heavy atom. The smallest absolute Gasteiger partial charge is 0.399 e. The van der Waals surface area contributed by atoms with Gasteiger partial charge >= 0.3 is 17.6 Å². The summed E-state index contributed by atoms with van der Waals surface area (Å²) in [5.41, 5.74) is 0. The van der Waals surface area contributed by atoms with Gasteiger partial charge in [-0.25, -0.2) is 4.79 Å². The molecule has 0 atom stereocenters. The molecule has 1 N–H and O–H groups in total. The first-order valence-electron chi connectivity index (χ1n) is 4.53. The van der Waals surface area contributed by atoms with E-state index in [-0.39, 0.29) is 5.82 Å². The maximum atomic E-state index is 10.8. The van der Waals surface area contributed by atoms with E-state index in [2.05, 4.69) is 4.98 Å². The van der Waals surface area contributed by atoms with Crippen molar-refractivity contribution in [3.8, 4) is 0 Å². The van der Waals surface area contributed by atoms with E-state index in [4.69, 9.17) is 5.11 Å². The lowest BCUT2D eigenvalue weighted by Crippen LogP contribution is -2.10. The molecule has 1 aromatic heterocycles. The third-order valence-corrected chi connectivity index (χ3v) is 2.29. The third kappa shape index (κ3) is 1.95. The van der Waals surface area contributed by atoms with Crippen LogP contribution in [0.15, 0.2) is 6.20 Å². The van der Waals surface area contributed by atoms with Gasteiger partial charge in [0.1, 0.15) is 6.20 Å². The first kappa shape index (κ1) is 9.63. The molecule has 0 spiro atoms. The number of nitro groups is 1. The molecule has 1 saturated carbocycles. The molecule has 0 amide bonds. The summed E-state index contributed by atoms with van der Waals surface area (Å²) in [6, 6.07) is 0. The van der Waals surface area contributed by atoms with Crippen LogP contribution in [-0.2, 0) is 6.54 Å². The molecule has 15 heavy (non-hydrogen) atoms. The molecule has 0 bridgehead atoms. The molecule has 7 nitrogen and oxygen atoms in total. The van der Waals surface area contributed by atoms with Gasteiger partial charge in [0, 0.05) is 6.54 Å². The molecule has 0 aromatic carbocycles. The van der Waals surface area contributed by atoms with E-state index in [9.17, 15) is 14.9 Å². The Hall–Kier alpha value is -1.92. The van der Waals surface area contributed by atoms with Gasteiger partial charge in [0.15, 0.2) is 0 Å². The van der Waals surface area contributed by atoms with Crippen LogP contribution in [0.1, 0.15) is 23.5 Å². The van der Waals surface area contributed by atoms with Crippen molar-refractivity contribution in [1.29, 1.82) is 0 Å². The van der Waals surface area contributed by atoms with Gasteiger partial charge in [0.25, 0.3) is 0 Å². The average molecular weight is 211 g/mol. The summed E-state index contributed by atoms with van der Waals surface area (Å²) >= 11 is 0. The second kappa shape index (κ2) is 3.34. The summed E-state index contributed by atoms with van der Waals surface area (Å²) in [5.74, 6) is -1.46. The van der Waals surface area contributed by atoms with Crippen molar-refractivity contribution in [2.24, 2.45) is 5.92 Å². The molecule has 1 aliphatic carbocycles. The van der Waals surface area contributed by atoms with Crippen LogP contribution in [0, 0.1) is 16.0 Å². The predicted molar refractivity (Wildman–Crippen MR) is 48.6 cm³/mol. The number of aromatic nitrogens is 2. The number of carbonyl (C=O) groups is 1. The van der Waals surface area contributed by atoms with Crippen molar-refractivity contribution in [1.82, 2.24) is 9.55 Å². The van der Waals surface area contributed by atoms with E-state index in [1.54, 1.807) is 0 Å². The largest absolute Gasteiger partial charge is 0.474 e. The molecule has 1 aliphatic rings. The zero-order valence-electron chi connectivity index (χ0n) is 7.79. The highest BCUT2D eigenvalue weighted by molar-refractivity contribution is 5.84. The molecule has 80 valence electrons. The van der Waals surface area contributed by atoms with Gasteiger partial charge in [0.2, 0.25) is 0 Å². The molecule has 1 fully saturated rings. The summed E-state index contributed by atoms with van der Waals surface area (Å²) in [6.07, 6.45) is 3.28. The molecule has 1 heterocycles. The summed E-state index contributed by atoms with van der Waals surface area (Å²) in [4.78, 5) is 24.0. The molecule has 2 rings (SSSR count). The zero-order valence-corrected chi connectivity index (χ0v) is 7.79. The zero-order chi connectivity index (χ0) is 11.0. The standard InChI is InChI=1S/C8H9N3O4/c12-8(13)7-9-6(11(14)15)4-10(7)3-5-1-2-5/h4-5H,1-3H2,(H,12,13). The first-order chi connectivity index (χ1) is 7.08. The van der Waals surface area contributed by atoms with Gasteiger partial charge in [-0.2, -0.15) is 0 Å². The van der Waals surface area contributed by atoms with Crippen LogP contribution in [0.2, 0.25) is 0 Å². The SMILES string of the molecule is O=C(O)c1nc([N+](=O)[O-])cn1CC1CC1. The normalized spacial score (nSPS) is 15.2. The fourth-order valence-corrected chi connectivity index (χ4v) is 1.38. The quantitative estimate of drug-likeness (QED) is 0.589. The van der Waals surface area contributed by atoms with E-state index < -0.39 is 16.7 Å². The van der Waals surface area contributed by atoms with E-state index in [0.717, 1.165) is 12.8 Å². The number of hydrogen-bond acceptors (Lipinski definition) is 4. The Morgan fingerprint density at radius 2 is 2.40 bits per heavy atom. The van der Waals surface area contributed by atoms with Crippen molar-refractivity contribution in [3.05, 3.63) is 22.1 Å². The molecular weight excluding hydrogens is 202 g/mol. The number of aromatic carboxylic acids is 1. The van der Waals surface area contributed by atoms with Crippen molar-refractivity contribution in [2.45, 2.75) is 19.4 Å². The summed E-state index contributed by atoms with van der Waals surface area (Å²) in [5, 5.41) is 19.2. The van der Waals surface area contributed by atoms with Crippen LogP contribution in [0.3, 0.4) is 0 Å². The number of hydrogen-bond donors (Lipinski definition) is 1. The number of rotatable bonds is 4. The highest BCUT2D eigenvalue weighted by Crippen LogP contribution is 2.31. The van der Waals surface area contributed by atoms with E-state index in [1.807, 2.05) is 0 Å². The molecule has 0 unspecified atom stereocenters. The van der Waals surface area contributed by atoms with Gasteiger partial charge in [-0.3, -0.25) is 4.57 Å². The third-order valence-electron chi connectivity index (χ3n) is 2.29. The van der Waals surface area contributed by atoms with E-state index in [0.29, 0.717) is 12.5 Å². The van der Waals surface area contributed by atoms with E-state index >= 15 is 0 Å². The molecule has 0 saturated heterocycles. The van der Waals surface area contributed by atoms with Gasteiger partial charge in [-0.05, 0) is 28.7 Å². The number of imidazole rings is 1. The van der Waals surface area contributed by atoms with Gasteiger partial charge in [0.05, 0.1) is 0 Å². The minimum Gasteiger partial charge on any atom is -0.474 e. The Morgan fingerprint density at radius 3 is 2.87 bits per heavy atom. The Labute approximate surface area is 84.5 Å². The topological polar surface area (TPSA) is 98.3 Å². The maximum Gasteiger partial charge on any atom is 0.399 e. The van der Waals surface area contributed by atoms with Crippen molar-refractivity contribution < 1.29 is 14.8 Å². The van der Waals surface area contributed by atoms with Crippen LogP contribution in [0.4, 0.5) is 5.82 Å². The van der Waals surface area contributed by atoms with Gasteiger partial charge < -0.3 is 15.2 Å². The monoisotopic (exact) mass is 211 g/mol. The average Bonchev–Trinajstić information content (AvgIpc) is 2.82. The second-order valence-corrected chi connectivity index (χ2v) is 3.58. The molecule has 1 aromatic rings. The fourth-order valence-electron chi connectivity index (χ4n) is 1.38. The summed E-state index contributed by atoms with van der Waals surface area (Å²) < 4.78 is 1.35. The summed E-state index contributed by atoms with van der Waals surface area (Å²) in [6.45, 7) is 0.502. The maximum absolute atomic E-state index is 10.8. The summed E-state index contributed by atoms with van der Waals surface area (Å²) in [7, 11) is 0. The van der Waals surface area contributed by atoms with Crippen LogP contribution >= 0.6 is 0 Å². The van der Waals surface area contributed by atoms with Crippen LogP contribution < -0.4 is 0 Å². The number of carboxylic acid groups (broad SMARTS) is 1. The van der Waals surface area contributed by atoms with Crippen molar-refractivity contribution >= 4 is 11.8 Å². The number of carboxylic acids is 1. The van der Waals surface area contributed by atoms with Crippen molar-refractivity contribution in [3.63, 3.8) is 0 Å². The lowest BCUT2D eigenvalue weighted by Gasteiger charge is -1.98. The van der Waals surface area contributed by atoms with Crippen molar-refractivity contribution in [2.75, 3.05) is 0 Å². The predicted octanol–water partition coefficient (Wildman–Crippen LogP) is 0.899. The fraction of sp³-hybridized carbons (Fsp3) is 0.500. The lowest BCUT2D eigenvalue weighted by molar-refractivity contribution is -0.389. The Balaban J connectivity index is 2.31. The molecule has 0 radical (unpaired) electrons. The highest BCUT2D eigenvalue weighted by atomic mass is 16.6. The minimum atomic E-state index is -1.23. The van der Waals surface area contributed by atoms with Crippen LogP contribution in [0.5, 0.6) is 0 Å². The molecule has 7 heteroatoms. The minimum absolute atomic E-state index is 0.256. The Kier molecular flexibility index (Phi) is 2.14. The second-order valence-electron chi connectivity index (χ2n) is 3.58. The number of nitrogens with zero attached hydrogens (tertiary/aromatic N) is 3. The highest BCUT2D eigenvalue weighted by Gasteiger charge is 2.29. The lowest BCUT2D eigenvalue weighted by atomic mass is 10.4. The van der Waals surface area contributed by atoms with Crippen LogP contribution in [0.25, 0.3) is 0 Å². The molecule has 0 aliphatic heterocycles. The Bertz CT molecular complexity index is 422. The van der Waals surface area contributed by atoms with Gasteiger partial charge in [-0.15, -0.1) is 0 Å². The van der Waals surface area contributed by atoms with Gasteiger partial charge in [-0.1, -0.05) is 0 Å². The first-order valence-corrected chi connectivity index (χ1v) is 4.53. The molecular formula is C8H9N3O4. The van der Waals surface area contributed by atoms with Crippen LogP contribution in [-0.4, -0.2) is 25.6 Å². The van der Waals surface area contributed by atoms with E-state index in [1.165, 1.54) is 10.8 Å².